The van der Waals surface area contributed by atoms with Crippen LogP contribution < -0.4 is 5.32 Å². The molecule has 0 aromatic carbocycles. The van der Waals surface area contributed by atoms with Gasteiger partial charge in [0, 0.05) is 11.8 Å². The fourth-order valence-electron chi connectivity index (χ4n) is 2.53. The maximum absolute atomic E-state index is 12.1. The van der Waals surface area contributed by atoms with Gasteiger partial charge in [-0.1, -0.05) is 19.0 Å². The van der Waals surface area contributed by atoms with Gasteiger partial charge in [-0.25, -0.2) is 4.79 Å². The summed E-state index contributed by atoms with van der Waals surface area (Å²) >= 11 is 0. The molecule has 1 rings (SSSR count). The molecule has 0 radical (unpaired) electrons. The van der Waals surface area contributed by atoms with Crippen molar-refractivity contribution in [3.8, 4) is 0 Å². The van der Waals surface area contributed by atoms with Crippen LogP contribution in [-0.4, -0.2) is 43.3 Å². The van der Waals surface area contributed by atoms with Crippen LogP contribution in [-0.2, 0) is 19.1 Å². The summed E-state index contributed by atoms with van der Waals surface area (Å²) < 4.78 is 10.8. The van der Waals surface area contributed by atoms with E-state index in [-0.39, 0.29) is 37.0 Å². The Morgan fingerprint density at radius 1 is 1.38 bits per heavy atom. The Bertz CT molecular complexity index is 436. The van der Waals surface area contributed by atoms with Gasteiger partial charge in [-0.05, 0) is 24.3 Å². The number of hydrogen-bond donors (Lipinski definition) is 1. The van der Waals surface area contributed by atoms with E-state index in [1.54, 1.807) is 6.92 Å². The summed E-state index contributed by atoms with van der Waals surface area (Å²) in [7, 11) is 0. The zero-order valence-electron chi connectivity index (χ0n) is 12.8. The van der Waals surface area contributed by atoms with Gasteiger partial charge in [0.25, 0.3) is 0 Å². The number of nitrogens with zero attached hydrogens (tertiary/aromatic N) is 3. The quantitative estimate of drug-likeness (QED) is 0.357. The summed E-state index contributed by atoms with van der Waals surface area (Å²) in [5.41, 5.74) is 8.43. The van der Waals surface area contributed by atoms with Crippen LogP contribution in [0.2, 0.25) is 0 Å². The molecule has 118 valence electrons. The molecule has 3 unspecified atom stereocenters. The number of carbonyl (C=O) groups is 2. The average Bonchev–Trinajstić information content (AvgIpc) is 2.43. The highest BCUT2D eigenvalue weighted by molar-refractivity contribution is 5.79. The van der Waals surface area contributed by atoms with Gasteiger partial charge in [0.2, 0.25) is 5.91 Å². The van der Waals surface area contributed by atoms with E-state index in [9.17, 15) is 9.59 Å². The zero-order chi connectivity index (χ0) is 16.0. The Morgan fingerprint density at radius 3 is 2.57 bits per heavy atom. The standard InChI is InChI=1S/C13H22N4O4/c1-5-20-13(19)12-11(16-9(4)18)8(3)7(2)10(21-12)6-15-17-14/h7-8,10-12H,5-6H2,1-4H3,(H,16,18)/t7-,8-,10?,11?,12?/m0/s1. The molecule has 8 heteroatoms. The lowest BCUT2D eigenvalue weighted by Crippen LogP contribution is -2.60. The molecule has 1 saturated heterocycles. The number of carbonyl (C=O) groups excluding carboxylic acids is 2. The van der Waals surface area contributed by atoms with Crippen molar-refractivity contribution >= 4 is 11.9 Å². The lowest BCUT2D eigenvalue weighted by atomic mass is 9.79. The largest absolute Gasteiger partial charge is 0.464 e. The van der Waals surface area contributed by atoms with Crippen molar-refractivity contribution in [2.75, 3.05) is 13.2 Å². The summed E-state index contributed by atoms with van der Waals surface area (Å²) in [6.07, 6.45) is -1.27. The molecule has 0 aromatic rings. The van der Waals surface area contributed by atoms with Gasteiger partial charge in [-0.2, -0.15) is 0 Å². The van der Waals surface area contributed by atoms with Crippen LogP contribution in [0.1, 0.15) is 27.7 Å². The molecule has 8 nitrogen and oxygen atoms in total. The number of amides is 1. The zero-order valence-corrected chi connectivity index (χ0v) is 12.8. The van der Waals surface area contributed by atoms with E-state index in [1.165, 1.54) is 6.92 Å². The van der Waals surface area contributed by atoms with Crippen LogP contribution in [0.25, 0.3) is 10.4 Å². The first-order chi connectivity index (χ1) is 9.92. The lowest BCUT2D eigenvalue weighted by Gasteiger charge is -2.43. The lowest BCUT2D eigenvalue weighted by molar-refractivity contribution is -0.178. The molecule has 0 aliphatic carbocycles. The SMILES string of the molecule is CCOC(=O)C1OC(CN=[N+]=[N-])[C@@H](C)[C@H](C)C1NC(C)=O. The predicted molar refractivity (Wildman–Crippen MR) is 75.2 cm³/mol. The minimum atomic E-state index is -0.890. The molecule has 21 heavy (non-hydrogen) atoms. The molecule has 0 bridgehead atoms. The maximum atomic E-state index is 12.1. The van der Waals surface area contributed by atoms with Gasteiger partial charge in [-0.3, -0.25) is 4.79 Å². The molecule has 1 fully saturated rings. The highest BCUT2D eigenvalue weighted by Gasteiger charge is 2.45. The summed E-state index contributed by atoms with van der Waals surface area (Å²) in [5, 5.41) is 6.28. The van der Waals surface area contributed by atoms with E-state index >= 15 is 0 Å². The first-order valence-corrected chi connectivity index (χ1v) is 7.02. The predicted octanol–water partition coefficient (Wildman–Crippen LogP) is 1.40. The molecule has 5 atom stereocenters. The monoisotopic (exact) mass is 298 g/mol. The summed E-state index contributed by atoms with van der Waals surface area (Å²) in [6.45, 7) is 7.35. The Balaban J connectivity index is 2.97. The van der Waals surface area contributed by atoms with Crippen molar-refractivity contribution < 1.29 is 19.1 Å². The molecule has 1 aliphatic rings. The van der Waals surface area contributed by atoms with Crippen LogP contribution >= 0.6 is 0 Å². The Kier molecular flexibility index (Phi) is 6.45. The summed E-state index contributed by atoms with van der Waals surface area (Å²) in [4.78, 5) is 26.1. The third-order valence-corrected chi connectivity index (χ3v) is 3.84. The fourth-order valence-corrected chi connectivity index (χ4v) is 2.53. The molecular formula is C13H22N4O4. The van der Waals surface area contributed by atoms with Crippen LogP contribution in [0.15, 0.2) is 5.11 Å². The number of azide groups is 1. The number of nitrogens with one attached hydrogen (secondary N) is 1. The van der Waals surface area contributed by atoms with Gasteiger partial charge >= 0.3 is 5.97 Å². The van der Waals surface area contributed by atoms with Crippen molar-refractivity contribution in [3.05, 3.63) is 10.4 Å². The third kappa shape index (κ3) is 4.34. The van der Waals surface area contributed by atoms with Gasteiger partial charge < -0.3 is 14.8 Å². The summed E-state index contributed by atoms with van der Waals surface area (Å²) in [5.74, 6) is -0.736. The second-order valence-corrected chi connectivity index (χ2v) is 5.21. The van der Waals surface area contributed by atoms with Crippen LogP contribution in [0.3, 0.4) is 0 Å². The minimum Gasteiger partial charge on any atom is -0.464 e. The smallest absolute Gasteiger partial charge is 0.337 e. The number of hydrogen-bond acceptors (Lipinski definition) is 5. The van der Waals surface area contributed by atoms with E-state index < -0.39 is 18.1 Å². The molecule has 0 saturated carbocycles. The van der Waals surface area contributed by atoms with Crippen molar-refractivity contribution in [3.63, 3.8) is 0 Å². The topological polar surface area (TPSA) is 113 Å². The van der Waals surface area contributed by atoms with Gasteiger partial charge in [0.1, 0.15) is 0 Å². The first-order valence-electron chi connectivity index (χ1n) is 7.02. The number of rotatable bonds is 5. The molecule has 0 aromatic heterocycles. The maximum Gasteiger partial charge on any atom is 0.337 e. The van der Waals surface area contributed by atoms with Crippen LogP contribution in [0.5, 0.6) is 0 Å². The van der Waals surface area contributed by atoms with E-state index in [2.05, 4.69) is 15.3 Å². The van der Waals surface area contributed by atoms with Crippen molar-refractivity contribution in [2.24, 2.45) is 17.0 Å². The number of ether oxygens (including phenoxy) is 2. The second kappa shape index (κ2) is 7.85. The molecule has 1 aliphatic heterocycles. The highest BCUT2D eigenvalue weighted by atomic mass is 16.6. The van der Waals surface area contributed by atoms with E-state index in [4.69, 9.17) is 15.0 Å². The van der Waals surface area contributed by atoms with Crippen LogP contribution in [0, 0.1) is 11.8 Å². The van der Waals surface area contributed by atoms with E-state index in [0.29, 0.717) is 0 Å². The van der Waals surface area contributed by atoms with Crippen LogP contribution in [0.4, 0.5) is 0 Å². The van der Waals surface area contributed by atoms with Crippen molar-refractivity contribution in [2.45, 2.75) is 45.9 Å². The Labute approximate surface area is 123 Å². The van der Waals surface area contributed by atoms with E-state index in [1.807, 2.05) is 13.8 Å². The highest BCUT2D eigenvalue weighted by Crippen LogP contribution is 2.31. The van der Waals surface area contributed by atoms with Gasteiger partial charge in [-0.15, -0.1) is 0 Å². The summed E-state index contributed by atoms with van der Waals surface area (Å²) in [6, 6.07) is -0.459. The Morgan fingerprint density at radius 2 is 2.05 bits per heavy atom. The molecule has 0 spiro atoms. The van der Waals surface area contributed by atoms with Gasteiger partial charge in [0.05, 0.1) is 25.3 Å². The average molecular weight is 298 g/mol. The molecular weight excluding hydrogens is 276 g/mol. The first kappa shape index (κ1) is 17.3. The van der Waals surface area contributed by atoms with Crippen molar-refractivity contribution in [1.29, 1.82) is 0 Å². The third-order valence-electron chi connectivity index (χ3n) is 3.84. The Hall–Kier alpha value is -1.79. The molecule has 1 amide bonds. The van der Waals surface area contributed by atoms with Gasteiger partial charge in [0.15, 0.2) is 6.10 Å². The normalized spacial score (nSPS) is 31.9. The fraction of sp³-hybridized carbons (Fsp3) is 0.846. The molecule has 1 heterocycles. The van der Waals surface area contributed by atoms with Crippen molar-refractivity contribution in [1.82, 2.24) is 5.32 Å². The molecule has 1 N–H and O–H groups in total. The minimum absolute atomic E-state index is 0.0176. The second-order valence-electron chi connectivity index (χ2n) is 5.21. The number of esters is 1. The van der Waals surface area contributed by atoms with E-state index in [0.717, 1.165) is 0 Å².